The molecular formula is C13H12ClFN2O3S. The van der Waals surface area contributed by atoms with Gasteiger partial charge in [0.05, 0.1) is 18.7 Å². The second-order valence-electron chi connectivity index (χ2n) is 4.23. The molecule has 0 unspecified atom stereocenters. The van der Waals surface area contributed by atoms with Crippen molar-refractivity contribution in [3.05, 3.63) is 49.8 Å². The molecule has 1 amide bonds. The molecule has 0 aliphatic heterocycles. The summed E-state index contributed by atoms with van der Waals surface area (Å²) in [7, 11) is 1.42. The Balaban J connectivity index is 2.26. The SMILES string of the molecule is COc1cccc(F)c1[C@@H](C)NC(=O)c1s[nH]c(=O)c1Cl. The average molecular weight is 331 g/mol. The fourth-order valence-electron chi connectivity index (χ4n) is 1.89. The molecule has 2 N–H and O–H groups in total. The second kappa shape index (κ2) is 6.28. The average Bonchev–Trinajstić information content (AvgIpc) is 2.78. The van der Waals surface area contributed by atoms with E-state index < -0.39 is 23.3 Å². The fourth-order valence-corrected chi connectivity index (χ4v) is 2.82. The summed E-state index contributed by atoms with van der Waals surface area (Å²) in [5.41, 5.74) is -0.296. The van der Waals surface area contributed by atoms with Crippen molar-refractivity contribution in [3.8, 4) is 5.75 Å². The number of halogens is 2. The standard InChI is InChI=1S/C13H12ClFN2O3S/c1-6(9-7(15)4-3-5-8(9)20-2)16-13(19)11-10(14)12(18)17-21-11/h3-6H,1-2H3,(H,16,19)(H,17,18)/t6-/m1/s1. The molecule has 5 nitrogen and oxygen atoms in total. The van der Waals surface area contributed by atoms with Crippen LogP contribution in [0.5, 0.6) is 5.75 Å². The van der Waals surface area contributed by atoms with E-state index in [1.54, 1.807) is 13.0 Å². The van der Waals surface area contributed by atoms with Gasteiger partial charge in [-0.25, -0.2) is 4.39 Å². The maximum Gasteiger partial charge on any atom is 0.277 e. The van der Waals surface area contributed by atoms with Gasteiger partial charge in [0.1, 0.15) is 21.5 Å². The van der Waals surface area contributed by atoms with Gasteiger partial charge in [0, 0.05) is 0 Å². The minimum Gasteiger partial charge on any atom is -0.496 e. The van der Waals surface area contributed by atoms with Crippen LogP contribution in [-0.2, 0) is 0 Å². The Labute approximate surface area is 128 Å². The van der Waals surface area contributed by atoms with E-state index in [9.17, 15) is 14.0 Å². The first kappa shape index (κ1) is 15.5. The Morgan fingerprint density at radius 1 is 1.52 bits per heavy atom. The van der Waals surface area contributed by atoms with Crippen molar-refractivity contribution in [2.45, 2.75) is 13.0 Å². The number of H-pyrrole nitrogens is 1. The molecule has 0 saturated carbocycles. The number of rotatable bonds is 4. The number of amides is 1. The molecule has 0 aliphatic carbocycles. The van der Waals surface area contributed by atoms with Crippen LogP contribution >= 0.6 is 23.1 Å². The minimum atomic E-state index is -0.651. The number of carbonyl (C=O) groups is 1. The highest BCUT2D eigenvalue weighted by Crippen LogP contribution is 2.28. The van der Waals surface area contributed by atoms with E-state index in [1.165, 1.54) is 19.2 Å². The van der Waals surface area contributed by atoms with Crippen molar-refractivity contribution in [1.29, 1.82) is 0 Å². The molecule has 2 aromatic rings. The molecule has 1 atom stereocenters. The first-order valence-corrected chi connectivity index (χ1v) is 7.15. The molecule has 0 fully saturated rings. The molecule has 0 aliphatic rings. The molecule has 2 rings (SSSR count). The number of hydrogen-bond acceptors (Lipinski definition) is 4. The molecular weight excluding hydrogens is 319 g/mol. The quantitative estimate of drug-likeness (QED) is 0.905. The van der Waals surface area contributed by atoms with Crippen molar-refractivity contribution in [3.63, 3.8) is 0 Å². The predicted molar refractivity (Wildman–Crippen MR) is 78.8 cm³/mol. The monoisotopic (exact) mass is 330 g/mol. The van der Waals surface area contributed by atoms with Gasteiger partial charge in [-0.3, -0.25) is 14.0 Å². The molecule has 0 saturated heterocycles. The topological polar surface area (TPSA) is 71.2 Å². The Hall–Kier alpha value is -1.86. The zero-order valence-corrected chi connectivity index (χ0v) is 12.8. The fraction of sp³-hybridized carbons (Fsp3) is 0.231. The molecule has 1 aromatic heterocycles. The summed E-state index contributed by atoms with van der Waals surface area (Å²) in [5, 5.41) is 2.41. The Morgan fingerprint density at radius 3 is 2.81 bits per heavy atom. The van der Waals surface area contributed by atoms with Gasteiger partial charge in [-0.05, 0) is 19.1 Å². The van der Waals surface area contributed by atoms with Crippen LogP contribution in [0, 0.1) is 5.82 Å². The summed E-state index contributed by atoms with van der Waals surface area (Å²) < 4.78 is 21.4. The summed E-state index contributed by atoms with van der Waals surface area (Å²) in [6.45, 7) is 1.61. The third-order valence-corrected chi connectivity index (χ3v) is 4.22. The molecule has 8 heteroatoms. The number of aromatic nitrogens is 1. The normalized spacial score (nSPS) is 12.0. The summed E-state index contributed by atoms with van der Waals surface area (Å²) in [6, 6.07) is 3.74. The lowest BCUT2D eigenvalue weighted by Gasteiger charge is -2.17. The third kappa shape index (κ3) is 3.08. The number of hydrogen-bond donors (Lipinski definition) is 2. The highest BCUT2D eigenvalue weighted by molar-refractivity contribution is 7.08. The smallest absolute Gasteiger partial charge is 0.277 e. The summed E-state index contributed by atoms with van der Waals surface area (Å²) in [6.07, 6.45) is 0. The van der Waals surface area contributed by atoms with Gasteiger partial charge in [0.25, 0.3) is 11.5 Å². The predicted octanol–water partition coefficient (Wildman–Crippen LogP) is 2.73. The first-order chi connectivity index (χ1) is 9.95. The maximum atomic E-state index is 13.9. The van der Waals surface area contributed by atoms with E-state index in [0.717, 1.165) is 11.5 Å². The van der Waals surface area contributed by atoms with Crippen LogP contribution in [0.2, 0.25) is 5.02 Å². The second-order valence-corrected chi connectivity index (χ2v) is 5.42. The molecule has 0 radical (unpaired) electrons. The minimum absolute atomic E-state index is 0.0591. The molecule has 1 aromatic carbocycles. The van der Waals surface area contributed by atoms with Crippen LogP contribution in [0.3, 0.4) is 0 Å². The Morgan fingerprint density at radius 2 is 2.24 bits per heavy atom. The van der Waals surface area contributed by atoms with Gasteiger partial charge in [-0.15, -0.1) is 0 Å². The van der Waals surface area contributed by atoms with E-state index in [4.69, 9.17) is 16.3 Å². The number of benzene rings is 1. The van der Waals surface area contributed by atoms with Gasteiger partial charge in [0.2, 0.25) is 0 Å². The molecule has 21 heavy (non-hydrogen) atoms. The lowest BCUT2D eigenvalue weighted by Crippen LogP contribution is -2.27. The van der Waals surface area contributed by atoms with E-state index >= 15 is 0 Å². The Bertz CT molecular complexity index is 728. The number of ether oxygens (including phenoxy) is 1. The van der Waals surface area contributed by atoms with Crippen molar-refractivity contribution in [2.75, 3.05) is 7.11 Å². The molecule has 1 heterocycles. The zero-order chi connectivity index (χ0) is 15.6. The summed E-state index contributed by atoms with van der Waals surface area (Å²) >= 11 is 6.56. The lowest BCUT2D eigenvalue weighted by molar-refractivity contribution is 0.0943. The lowest BCUT2D eigenvalue weighted by atomic mass is 10.1. The van der Waals surface area contributed by atoms with E-state index in [1.807, 2.05) is 0 Å². The van der Waals surface area contributed by atoms with Gasteiger partial charge in [-0.2, -0.15) is 0 Å². The highest BCUT2D eigenvalue weighted by atomic mass is 35.5. The van der Waals surface area contributed by atoms with Gasteiger partial charge < -0.3 is 10.1 Å². The van der Waals surface area contributed by atoms with Crippen LogP contribution in [0.4, 0.5) is 4.39 Å². The molecule has 112 valence electrons. The van der Waals surface area contributed by atoms with E-state index in [2.05, 4.69) is 9.69 Å². The van der Waals surface area contributed by atoms with Crippen molar-refractivity contribution in [2.24, 2.45) is 0 Å². The number of carbonyl (C=O) groups excluding carboxylic acids is 1. The van der Waals surface area contributed by atoms with Crippen LogP contribution < -0.4 is 15.6 Å². The van der Waals surface area contributed by atoms with Crippen LogP contribution in [-0.4, -0.2) is 17.4 Å². The van der Waals surface area contributed by atoms with E-state index in [0.29, 0.717) is 5.75 Å². The first-order valence-electron chi connectivity index (χ1n) is 5.96. The summed E-state index contributed by atoms with van der Waals surface area (Å²) in [4.78, 5) is 23.3. The highest BCUT2D eigenvalue weighted by Gasteiger charge is 2.22. The van der Waals surface area contributed by atoms with Crippen LogP contribution in [0.25, 0.3) is 0 Å². The zero-order valence-electron chi connectivity index (χ0n) is 11.2. The number of aromatic amines is 1. The number of methoxy groups -OCH3 is 1. The van der Waals surface area contributed by atoms with Crippen molar-refractivity contribution >= 4 is 29.0 Å². The van der Waals surface area contributed by atoms with Gasteiger partial charge >= 0.3 is 0 Å². The van der Waals surface area contributed by atoms with E-state index in [-0.39, 0.29) is 15.5 Å². The van der Waals surface area contributed by atoms with Crippen molar-refractivity contribution < 1.29 is 13.9 Å². The van der Waals surface area contributed by atoms with Crippen molar-refractivity contribution in [1.82, 2.24) is 9.69 Å². The van der Waals surface area contributed by atoms with Crippen LogP contribution in [0.15, 0.2) is 23.0 Å². The van der Waals surface area contributed by atoms with Crippen LogP contribution in [0.1, 0.15) is 28.2 Å². The van der Waals surface area contributed by atoms with Gasteiger partial charge in [0.15, 0.2) is 0 Å². The summed E-state index contributed by atoms with van der Waals surface area (Å²) in [5.74, 6) is -0.715. The molecule has 0 spiro atoms. The maximum absolute atomic E-state index is 13.9. The largest absolute Gasteiger partial charge is 0.496 e. The number of nitrogens with one attached hydrogen (secondary N) is 2. The van der Waals surface area contributed by atoms with Gasteiger partial charge in [-0.1, -0.05) is 29.2 Å². The Kier molecular flexibility index (Phi) is 4.64. The molecule has 0 bridgehead atoms. The third-order valence-electron chi connectivity index (χ3n) is 2.86.